The fourth-order valence-electron chi connectivity index (χ4n) is 4.47. The maximum Gasteiger partial charge on any atom is 0.128 e. The van der Waals surface area contributed by atoms with E-state index in [1.54, 1.807) is 6.20 Å². The number of rotatable bonds is 7. The summed E-state index contributed by atoms with van der Waals surface area (Å²) in [6.45, 7) is 9.57. The van der Waals surface area contributed by atoms with E-state index in [1.807, 2.05) is 6.07 Å². The van der Waals surface area contributed by atoms with E-state index in [2.05, 4.69) is 54.2 Å². The van der Waals surface area contributed by atoms with Gasteiger partial charge < -0.3 is 5.32 Å². The highest BCUT2D eigenvalue weighted by Crippen LogP contribution is 2.24. The van der Waals surface area contributed by atoms with Crippen LogP contribution in [0.3, 0.4) is 0 Å². The van der Waals surface area contributed by atoms with E-state index in [4.69, 9.17) is 4.98 Å². The second-order valence-corrected chi connectivity index (χ2v) is 9.23. The molecule has 1 aliphatic rings. The van der Waals surface area contributed by atoms with E-state index in [0.717, 1.165) is 49.2 Å². The van der Waals surface area contributed by atoms with Crippen LogP contribution in [0.4, 0.5) is 8.78 Å². The Labute approximate surface area is 195 Å². The van der Waals surface area contributed by atoms with Gasteiger partial charge in [0.05, 0.1) is 5.69 Å². The Morgan fingerprint density at radius 1 is 1.00 bits per heavy atom. The molecule has 1 fully saturated rings. The molecule has 2 heterocycles. The summed E-state index contributed by atoms with van der Waals surface area (Å²) in [6, 6.07) is 13.2. The van der Waals surface area contributed by atoms with Crippen LogP contribution in [0.15, 0.2) is 48.7 Å². The van der Waals surface area contributed by atoms with Gasteiger partial charge in [-0.3, -0.25) is 4.90 Å². The molecule has 2 atom stereocenters. The lowest BCUT2D eigenvalue weighted by Crippen LogP contribution is -2.53. The van der Waals surface area contributed by atoms with Gasteiger partial charge in [-0.15, -0.1) is 0 Å². The Kier molecular flexibility index (Phi) is 7.46. The quantitative estimate of drug-likeness (QED) is 0.545. The molecule has 1 saturated heterocycles. The summed E-state index contributed by atoms with van der Waals surface area (Å²) in [5.41, 5.74) is 5.16. The topological polar surface area (TPSA) is 41.0 Å². The van der Waals surface area contributed by atoms with Gasteiger partial charge in [-0.25, -0.2) is 18.7 Å². The fourth-order valence-corrected chi connectivity index (χ4v) is 4.47. The lowest BCUT2D eigenvalue weighted by Gasteiger charge is -2.37. The average Bonchev–Trinajstić information content (AvgIpc) is 2.77. The monoisotopic (exact) mass is 450 g/mol. The molecule has 0 radical (unpaired) electrons. The number of nitrogens with zero attached hydrogens (tertiary/aromatic N) is 3. The first-order valence-corrected chi connectivity index (χ1v) is 11.7. The Morgan fingerprint density at radius 3 is 2.58 bits per heavy atom. The first-order valence-electron chi connectivity index (χ1n) is 11.7. The number of hydrogen-bond donors (Lipinski definition) is 1. The summed E-state index contributed by atoms with van der Waals surface area (Å²) >= 11 is 0. The average molecular weight is 451 g/mol. The van der Waals surface area contributed by atoms with Gasteiger partial charge in [-0.2, -0.15) is 0 Å². The number of piperazine rings is 1. The molecule has 0 amide bonds. The molecular formula is C27H32F2N4. The molecule has 6 heteroatoms. The zero-order valence-electron chi connectivity index (χ0n) is 19.6. The van der Waals surface area contributed by atoms with Gasteiger partial charge in [0, 0.05) is 56.0 Å². The van der Waals surface area contributed by atoms with Gasteiger partial charge in [0.25, 0.3) is 0 Å². The van der Waals surface area contributed by atoms with Crippen molar-refractivity contribution in [3.8, 4) is 11.3 Å². The molecule has 2 aromatic carbocycles. The third kappa shape index (κ3) is 6.21. The normalized spacial score (nSPS) is 19.1. The second kappa shape index (κ2) is 10.5. The highest BCUT2D eigenvalue weighted by Gasteiger charge is 2.22. The molecular weight excluding hydrogens is 418 g/mol. The number of hydrogen-bond acceptors (Lipinski definition) is 4. The van der Waals surface area contributed by atoms with E-state index in [-0.39, 0.29) is 0 Å². The van der Waals surface area contributed by atoms with Crippen LogP contribution in [0.1, 0.15) is 42.8 Å². The highest BCUT2D eigenvalue weighted by molar-refractivity contribution is 5.64. The van der Waals surface area contributed by atoms with E-state index in [9.17, 15) is 8.78 Å². The third-order valence-electron chi connectivity index (χ3n) is 6.35. The summed E-state index contributed by atoms with van der Waals surface area (Å²) in [5, 5.41) is 3.54. The standard InChI is InChI=1S/C27H32F2N4/c1-18-7-8-22(17-33-16-19(2)31-15-20(33)3)13-25(18)26-9-10-30-27(32-26)6-4-5-21-11-23(28)14-24(29)12-21/h7-14,19-20,31H,4-6,15-17H2,1-3H3/t19-,20-/m0/s1. The van der Waals surface area contributed by atoms with Crippen molar-refractivity contribution in [3.63, 3.8) is 0 Å². The van der Waals surface area contributed by atoms with Gasteiger partial charge in [0.15, 0.2) is 0 Å². The van der Waals surface area contributed by atoms with E-state index in [0.29, 0.717) is 30.5 Å². The fraction of sp³-hybridized carbons (Fsp3) is 0.407. The van der Waals surface area contributed by atoms with Crippen molar-refractivity contribution >= 4 is 0 Å². The molecule has 0 aliphatic carbocycles. The van der Waals surface area contributed by atoms with Crippen LogP contribution in [-0.4, -0.2) is 40.0 Å². The summed E-state index contributed by atoms with van der Waals surface area (Å²) in [7, 11) is 0. The lowest BCUT2D eigenvalue weighted by molar-refractivity contribution is 0.139. The van der Waals surface area contributed by atoms with Crippen molar-refractivity contribution in [2.75, 3.05) is 13.1 Å². The van der Waals surface area contributed by atoms with E-state index < -0.39 is 11.6 Å². The summed E-state index contributed by atoms with van der Waals surface area (Å²) in [4.78, 5) is 11.7. The molecule has 0 saturated carbocycles. The molecule has 3 aromatic rings. The van der Waals surface area contributed by atoms with Crippen molar-refractivity contribution in [1.82, 2.24) is 20.2 Å². The van der Waals surface area contributed by atoms with E-state index in [1.165, 1.54) is 23.3 Å². The van der Waals surface area contributed by atoms with Crippen LogP contribution >= 0.6 is 0 Å². The molecule has 1 aliphatic heterocycles. The largest absolute Gasteiger partial charge is 0.311 e. The van der Waals surface area contributed by atoms with Crippen LogP contribution in [-0.2, 0) is 19.4 Å². The van der Waals surface area contributed by atoms with Crippen molar-refractivity contribution < 1.29 is 8.78 Å². The van der Waals surface area contributed by atoms with Crippen LogP contribution < -0.4 is 5.32 Å². The van der Waals surface area contributed by atoms with Crippen LogP contribution in [0.25, 0.3) is 11.3 Å². The van der Waals surface area contributed by atoms with Gasteiger partial charge in [0.2, 0.25) is 0 Å². The molecule has 33 heavy (non-hydrogen) atoms. The number of nitrogens with one attached hydrogen (secondary N) is 1. The second-order valence-electron chi connectivity index (χ2n) is 9.23. The third-order valence-corrected chi connectivity index (χ3v) is 6.35. The highest BCUT2D eigenvalue weighted by atomic mass is 19.1. The maximum absolute atomic E-state index is 13.4. The Morgan fingerprint density at radius 2 is 1.79 bits per heavy atom. The lowest BCUT2D eigenvalue weighted by atomic mass is 10.0. The summed E-state index contributed by atoms with van der Waals surface area (Å²) in [5.74, 6) is -0.328. The first kappa shape index (κ1) is 23.5. The van der Waals surface area contributed by atoms with Crippen molar-refractivity contribution in [1.29, 1.82) is 0 Å². The predicted octanol–water partition coefficient (Wildman–Crippen LogP) is 5.09. The Hall–Kier alpha value is -2.70. The molecule has 0 bridgehead atoms. The van der Waals surface area contributed by atoms with Gasteiger partial charge in [0.1, 0.15) is 17.5 Å². The molecule has 4 nitrogen and oxygen atoms in total. The summed E-state index contributed by atoms with van der Waals surface area (Å²) in [6.07, 6.45) is 3.76. The van der Waals surface area contributed by atoms with Crippen molar-refractivity contribution in [2.24, 2.45) is 0 Å². The molecule has 174 valence electrons. The van der Waals surface area contributed by atoms with Gasteiger partial charge in [-0.1, -0.05) is 12.1 Å². The first-order chi connectivity index (χ1) is 15.9. The molecule has 0 unspecified atom stereocenters. The molecule has 4 rings (SSSR count). The smallest absolute Gasteiger partial charge is 0.128 e. The number of benzene rings is 2. The molecule has 0 spiro atoms. The van der Waals surface area contributed by atoms with Crippen LogP contribution in [0.5, 0.6) is 0 Å². The Bertz CT molecular complexity index is 1080. The minimum atomic E-state index is -0.539. The van der Waals surface area contributed by atoms with E-state index >= 15 is 0 Å². The van der Waals surface area contributed by atoms with Crippen LogP contribution in [0.2, 0.25) is 0 Å². The number of halogens is 2. The minimum Gasteiger partial charge on any atom is -0.311 e. The summed E-state index contributed by atoms with van der Waals surface area (Å²) < 4.78 is 26.8. The SMILES string of the molecule is Cc1ccc(CN2C[C@H](C)NC[C@@H]2C)cc1-c1ccnc(CCCc2cc(F)cc(F)c2)n1. The number of aryl methyl sites for hydroxylation is 3. The van der Waals surface area contributed by atoms with Gasteiger partial charge in [-0.05, 0) is 74.6 Å². The molecule has 1 aromatic heterocycles. The predicted molar refractivity (Wildman–Crippen MR) is 128 cm³/mol. The van der Waals surface area contributed by atoms with Crippen molar-refractivity contribution in [3.05, 3.63) is 82.8 Å². The zero-order valence-corrected chi connectivity index (χ0v) is 19.6. The van der Waals surface area contributed by atoms with Crippen LogP contribution in [0, 0.1) is 18.6 Å². The number of aromatic nitrogens is 2. The van der Waals surface area contributed by atoms with Crippen molar-refractivity contribution in [2.45, 2.75) is 58.7 Å². The minimum absolute atomic E-state index is 0.499. The maximum atomic E-state index is 13.4. The molecule has 1 N–H and O–H groups in total. The van der Waals surface area contributed by atoms with Gasteiger partial charge >= 0.3 is 0 Å². The zero-order chi connectivity index (χ0) is 23.4. The Balaban J connectivity index is 1.45.